The van der Waals surface area contributed by atoms with Crippen LogP contribution in [-0.4, -0.2) is 85.3 Å². The van der Waals surface area contributed by atoms with Gasteiger partial charge < -0.3 is 40.6 Å². The standard InChI is InChI=1S/C22H38N4O8/c1-13-7-8-17(28)23-10-9-15(33-12-32-6)11-16(19(29)24-13)25-20(30)18(14(2)27)26-21(31)34-22(3,4)5/h7-8,13-16,18,27H,9-12H2,1-6H3,(H,23,28)(H,24,29)(H,25,30)(H,26,31)/b8-7+/t13-,14+,15-,16-,18-/m0/s1. The van der Waals surface area contributed by atoms with Crippen LogP contribution in [0.4, 0.5) is 4.79 Å². The smallest absolute Gasteiger partial charge is 0.408 e. The lowest BCUT2D eigenvalue weighted by Gasteiger charge is -2.28. The molecule has 1 heterocycles. The highest BCUT2D eigenvalue weighted by Crippen LogP contribution is 2.11. The van der Waals surface area contributed by atoms with Crippen molar-refractivity contribution in [3.8, 4) is 0 Å². The largest absolute Gasteiger partial charge is 0.444 e. The van der Waals surface area contributed by atoms with Gasteiger partial charge in [-0.15, -0.1) is 0 Å². The second-order valence-electron chi connectivity index (χ2n) is 9.09. The summed E-state index contributed by atoms with van der Waals surface area (Å²) in [5.41, 5.74) is -0.803. The van der Waals surface area contributed by atoms with Crippen molar-refractivity contribution in [2.75, 3.05) is 20.4 Å². The molecule has 1 rings (SSSR count). The zero-order valence-electron chi connectivity index (χ0n) is 20.7. The lowest BCUT2D eigenvalue weighted by molar-refractivity contribution is -0.133. The average molecular weight is 487 g/mol. The number of ether oxygens (including phenoxy) is 3. The van der Waals surface area contributed by atoms with Gasteiger partial charge in [0.1, 0.15) is 24.5 Å². The fraction of sp³-hybridized carbons (Fsp3) is 0.727. The zero-order chi connectivity index (χ0) is 25.9. The Labute approximate surface area is 200 Å². The Morgan fingerprint density at radius 3 is 2.56 bits per heavy atom. The molecule has 12 heteroatoms. The van der Waals surface area contributed by atoms with Crippen LogP contribution in [0.5, 0.6) is 0 Å². The number of hydrogen-bond acceptors (Lipinski definition) is 8. The van der Waals surface area contributed by atoms with E-state index in [-0.39, 0.29) is 25.7 Å². The summed E-state index contributed by atoms with van der Waals surface area (Å²) in [6, 6.07) is -2.91. The highest BCUT2D eigenvalue weighted by atomic mass is 16.7. The van der Waals surface area contributed by atoms with E-state index in [4.69, 9.17) is 14.2 Å². The summed E-state index contributed by atoms with van der Waals surface area (Å²) >= 11 is 0. The molecule has 0 bridgehead atoms. The molecule has 0 spiro atoms. The normalized spacial score (nSPS) is 24.9. The molecule has 34 heavy (non-hydrogen) atoms. The van der Waals surface area contributed by atoms with Crippen molar-refractivity contribution in [3.05, 3.63) is 12.2 Å². The number of nitrogens with one attached hydrogen (secondary N) is 4. The molecule has 0 fully saturated rings. The Kier molecular flexibility index (Phi) is 12.0. The second-order valence-corrected chi connectivity index (χ2v) is 9.09. The van der Waals surface area contributed by atoms with Crippen LogP contribution in [0.1, 0.15) is 47.5 Å². The lowest BCUT2D eigenvalue weighted by Crippen LogP contribution is -2.58. The van der Waals surface area contributed by atoms with E-state index in [1.807, 2.05) is 0 Å². The van der Waals surface area contributed by atoms with Crippen molar-refractivity contribution < 1.29 is 38.5 Å². The summed E-state index contributed by atoms with van der Waals surface area (Å²) in [7, 11) is 1.45. The van der Waals surface area contributed by atoms with Crippen LogP contribution in [0.25, 0.3) is 0 Å². The minimum atomic E-state index is -1.36. The van der Waals surface area contributed by atoms with Crippen LogP contribution in [0.3, 0.4) is 0 Å². The van der Waals surface area contributed by atoms with E-state index in [0.717, 1.165) is 0 Å². The summed E-state index contributed by atoms with van der Waals surface area (Å²) in [6.45, 7) is 8.24. The van der Waals surface area contributed by atoms with Crippen LogP contribution in [-0.2, 0) is 28.6 Å². The molecule has 5 atom stereocenters. The summed E-state index contributed by atoms with van der Waals surface area (Å²) in [5, 5.41) is 20.5. The molecule has 0 aromatic carbocycles. The third kappa shape index (κ3) is 11.4. The van der Waals surface area contributed by atoms with Gasteiger partial charge in [0.25, 0.3) is 0 Å². The average Bonchev–Trinajstić information content (AvgIpc) is 2.71. The van der Waals surface area contributed by atoms with E-state index in [9.17, 15) is 24.3 Å². The predicted octanol–water partition coefficient (Wildman–Crippen LogP) is -0.295. The SMILES string of the molecule is COCO[C@H]1CCNC(=O)/C=C/[C@H](C)NC(=O)[C@@H](NC(=O)[C@@H](NC(=O)OC(C)(C)C)[C@@H](C)O)C1. The van der Waals surface area contributed by atoms with Crippen LogP contribution in [0, 0.1) is 0 Å². The van der Waals surface area contributed by atoms with Crippen LogP contribution in [0.15, 0.2) is 12.2 Å². The van der Waals surface area contributed by atoms with Crippen molar-refractivity contribution in [1.82, 2.24) is 21.3 Å². The fourth-order valence-electron chi connectivity index (χ4n) is 3.05. The third-order valence-corrected chi connectivity index (χ3v) is 4.66. The quantitative estimate of drug-likeness (QED) is 0.306. The number of alkyl carbamates (subject to hydrolysis) is 1. The first-order valence-electron chi connectivity index (χ1n) is 11.2. The number of hydrogen-bond donors (Lipinski definition) is 5. The summed E-state index contributed by atoms with van der Waals surface area (Å²) in [6.07, 6.45) is 0.570. The molecule has 0 radical (unpaired) electrons. The molecule has 5 N–H and O–H groups in total. The first kappa shape index (κ1) is 29.3. The molecule has 1 aliphatic heterocycles. The second kappa shape index (κ2) is 13.9. The molecule has 0 aliphatic carbocycles. The van der Waals surface area contributed by atoms with Gasteiger partial charge in [0.15, 0.2) is 0 Å². The van der Waals surface area contributed by atoms with Crippen molar-refractivity contribution in [2.45, 2.75) is 83.4 Å². The summed E-state index contributed by atoms with van der Waals surface area (Å²) < 4.78 is 15.7. The third-order valence-electron chi connectivity index (χ3n) is 4.66. The molecule has 0 saturated carbocycles. The zero-order valence-corrected chi connectivity index (χ0v) is 20.7. The number of methoxy groups -OCH3 is 1. The van der Waals surface area contributed by atoms with Gasteiger partial charge >= 0.3 is 6.09 Å². The number of amides is 4. The molecule has 0 aromatic rings. The molecule has 4 amide bonds. The fourth-order valence-corrected chi connectivity index (χ4v) is 3.05. The molecule has 0 aromatic heterocycles. The topological polar surface area (TPSA) is 164 Å². The Morgan fingerprint density at radius 1 is 1.29 bits per heavy atom. The summed E-state index contributed by atoms with van der Waals surface area (Å²) in [4.78, 5) is 49.9. The maximum absolute atomic E-state index is 13.0. The van der Waals surface area contributed by atoms with Crippen molar-refractivity contribution in [1.29, 1.82) is 0 Å². The minimum absolute atomic E-state index is 0.0479. The number of rotatable bonds is 7. The molecular weight excluding hydrogens is 448 g/mol. The van der Waals surface area contributed by atoms with Gasteiger partial charge in [-0.2, -0.15) is 0 Å². The van der Waals surface area contributed by atoms with E-state index >= 15 is 0 Å². The predicted molar refractivity (Wildman–Crippen MR) is 123 cm³/mol. The van der Waals surface area contributed by atoms with Crippen LogP contribution in [0.2, 0.25) is 0 Å². The van der Waals surface area contributed by atoms with Gasteiger partial charge in [0.05, 0.1) is 12.2 Å². The maximum atomic E-state index is 13.0. The highest BCUT2D eigenvalue weighted by Gasteiger charge is 2.33. The first-order chi connectivity index (χ1) is 15.8. The minimum Gasteiger partial charge on any atom is -0.444 e. The maximum Gasteiger partial charge on any atom is 0.408 e. The van der Waals surface area contributed by atoms with Gasteiger partial charge in [0, 0.05) is 32.2 Å². The Balaban J connectivity index is 3.06. The molecule has 0 saturated heterocycles. The first-order valence-corrected chi connectivity index (χ1v) is 11.2. The molecule has 1 aliphatic rings. The van der Waals surface area contributed by atoms with E-state index in [1.165, 1.54) is 26.2 Å². The lowest BCUT2D eigenvalue weighted by atomic mass is 10.0. The number of aliphatic hydroxyl groups excluding tert-OH is 1. The van der Waals surface area contributed by atoms with Crippen molar-refractivity contribution in [2.24, 2.45) is 0 Å². The Morgan fingerprint density at radius 2 is 1.97 bits per heavy atom. The van der Waals surface area contributed by atoms with E-state index in [1.54, 1.807) is 27.7 Å². The highest BCUT2D eigenvalue weighted by molar-refractivity contribution is 5.92. The number of carbonyl (C=O) groups is 4. The van der Waals surface area contributed by atoms with Gasteiger partial charge in [-0.3, -0.25) is 14.4 Å². The van der Waals surface area contributed by atoms with E-state index in [2.05, 4.69) is 21.3 Å². The van der Waals surface area contributed by atoms with Crippen molar-refractivity contribution >= 4 is 23.8 Å². The van der Waals surface area contributed by atoms with Gasteiger partial charge in [-0.25, -0.2) is 4.79 Å². The number of aliphatic hydroxyl groups is 1. The Hall–Kier alpha value is -2.70. The summed E-state index contributed by atoms with van der Waals surface area (Å²) in [5.74, 6) is -1.58. The monoisotopic (exact) mass is 486 g/mol. The van der Waals surface area contributed by atoms with E-state index < -0.39 is 53.8 Å². The van der Waals surface area contributed by atoms with E-state index in [0.29, 0.717) is 6.42 Å². The van der Waals surface area contributed by atoms with Gasteiger partial charge in [-0.05, 0) is 41.0 Å². The van der Waals surface area contributed by atoms with Crippen molar-refractivity contribution in [3.63, 3.8) is 0 Å². The molecular formula is C22H38N4O8. The molecule has 12 nitrogen and oxygen atoms in total. The van der Waals surface area contributed by atoms with Gasteiger partial charge in [-0.1, -0.05) is 6.08 Å². The molecule has 0 unspecified atom stereocenters. The van der Waals surface area contributed by atoms with Crippen LogP contribution >= 0.6 is 0 Å². The Bertz CT molecular complexity index is 735. The molecule has 194 valence electrons. The van der Waals surface area contributed by atoms with Gasteiger partial charge in [0.2, 0.25) is 17.7 Å². The van der Waals surface area contributed by atoms with Crippen LogP contribution < -0.4 is 21.3 Å². The number of carbonyl (C=O) groups excluding carboxylic acids is 4.